The van der Waals surface area contributed by atoms with E-state index in [-0.39, 0.29) is 0 Å². The summed E-state index contributed by atoms with van der Waals surface area (Å²) < 4.78 is 36.9. The summed E-state index contributed by atoms with van der Waals surface area (Å²) in [4.78, 5) is 0. The first kappa shape index (κ1) is 17.8. The van der Waals surface area contributed by atoms with Gasteiger partial charge in [0.25, 0.3) is 0 Å². The molecule has 2 aromatic carbocycles. The van der Waals surface area contributed by atoms with Crippen LogP contribution in [0.1, 0.15) is 0 Å². The molecule has 0 radical (unpaired) electrons. The van der Waals surface area contributed by atoms with E-state index in [1.165, 1.54) is 20.0 Å². The van der Waals surface area contributed by atoms with E-state index in [2.05, 4.69) is 78.9 Å². The number of hydrogen-bond donors (Lipinski definition) is 0. The van der Waals surface area contributed by atoms with Crippen molar-refractivity contribution in [2.24, 2.45) is 0 Å². The topological polar surface area (TPSA) is 92.2 Å². The minimum absolute atomic E-state index is 0.386. The SMILES string of the molecule is [O-][Cl+3]([O-])([O-])[O-].c1ccc(-c2cccc(-c3ccccc3)[se+]2)cc1. The Hall–Kier alpha value is -1.56. The zero-order valence-corrected chi connectivity index (χ0v) is 14.4. The van der Waals surface area contributed by atoms with Gasteiger partial charge in [0.2, 0.25) is 0 Å². The summed E-state index contributed by atoms with van der Waals surface area (Å²) in [6.07, 6.45) is 0. The van der Waals surface area contributed by atoms with Gasteiger partial charge in [-0.2, -0.15) is 0 Å². The van der Waals surface area contributed by atoms with Crippen molar-refractivity contribution in [3.05, 3.63) is 78.9 Å². The molecule has 118 valence electrons. The molecule has 0 saturated heterocycles. The standard InChI is InChI=1S/C17H13Se.ClHO4/c1-3-8-14(9-4-1)16-12-7-13-17(18-16)15-10-5-2-6-11-15;2-1(3,4)5/h1-13H;(H,2,3,4,5)/q+1;/p-1. The van der Waals surface area contributed by atoms with Gasteiger partial charge < -0.3 is 0 Å². The van der Waals surface area contributed by atoms with Crippen LogP contribution in [-0.4, -0.2) is 14.5 Å². The summed E-state index contributed by atoms with van der Waals surface area (Å²) in [6, 6.07) is 27.9. The molecule has 1 heterocycles. The predicted octanol–water partition coefficient (Wildman–Crippen LogP) is -0.397. The molecule has 0 spiro atoms. The molecule has 0 unspecified atom stereocenters. The summed E-state index contributed by atoms with van der Waals surface area (Å²) in [5.41, 5.74) is 2.69. The molecular weight excluding hydrogens is 383 g/mol. The Labute approximate surface area is 142 Å². The number of hydrogen-bond acceptors (Lipinski definition) is 4. The Morgan fingerprint density at radius 2 is 0.870 bits per heavy atom. The van der Waals surface area contributed by atoms with Crippen LogP contribution in [-0.2, 0) is 0 Å². The second-order valence-electron chi connectivity index (χ2n) is 4.47. The number of rotatable bonds is 2. The summed E-state index contributed by atoms with van der Waals surface area (Å²) in [7, 11) is -4.94. The average molecular weight is 396 g/mol. The third-order valence-corrected chi connectivity index (χ3v) is 5.31. The van der Waals surface area contributed by atoms with Crippen molar-refractivity contribution in [2.45, 2.75) is 0 Å². The van der Waals surface area contributed by atoms with Crippen LogP contribution in [0.2, 0.25) is 0 Å². The van der Waals surface area contributed by atoms with E-state index in [4.69, 9.17) is 18.6 Å². The fourth-order valence-electron chi connectivity index (χ4n) is 1.92. The molecular formula is C17H13ClO4Se. The van der Waals surface area contributed by atoms with E-state index in [0.717, 1.165) is 0 Å². The normalized spacial score (nSPS) is 10.6. The minimum atomic E-state index is -4.94. The number of benzene rings is 2. The third kappa shape index (κ3) is 6.60. The predicted molar refractivity (Wildman–Crippen MR) is 78.7 cm³/mol. The summed E-state index contributed by atoms with van der Waals surface area (Å²) in [6.45, 7) is 0. The van der Waals surface area contributed by atoms with Gasteiger partial charge in [-0.25, -0.2) is 18.6 Å². The Balaban J connectivity index is 0.000000338. The quantitative estimate of drug-likeness (QED) is 0.552. The maximum absolute atomic E-state index is 8.49. The first-order chi connectivity index (χ1) is 10.9. The van der Waals surface area contributed by atoms with Crippen LogP contribution < -0.4 is 18.6 Å². The summed E-state index contributed by atoms with van der Waals surface area (Å²) in [5, 5.41) is 0. The first-order valence-corrected chi connectivity index (χ1v) is 9.54. The van der Waals surface area contributed by atoms with Crippen LogP contribution in [0.4, 0.5) is 0 Å². The molecule has 4 nitrogen and oxygen atoms in total. The van der Waals surface area contributed by atoms with Crippen LogP contribution in [0.5, 0.6) is 0 Å². The molecule has 0 N–H and O–H groups in total. The van der Waals surface area contributed by atoms with Crippen molar-refractivity contribution < 1.29 is 28.9 Å². The zero-order chi connectivity index (χ0) is 16.7. The molecule has 1 aromatic heterocycles. The number of halogens is 1. The van der Waals surface area contributed by atoms with Gasteiger partial charge in [-0.1, -0.05) is 0 Å². The van der Waals surface area contributed by atoms with Crippen molar-refractivity contribution in [2.75, 3.05) is 0 Å². The molecule has 3 aromatic rings. The van der Waals surface area contributed by atoms with Crippen LogP contribution in [0.25, 0.3) is 20.0 Å². The van der Waals surface area contributed by atoms with Crippen LogP contribution in [0.3, 0.4) is 0 Å². The Bertz CT molecular complexity index is 670. The van der Waals surface area contributed by atoms with E-state index < -0.39 is 10.2 Å². The Morgan fingerprint density at radius 1 is 0.522 bits per heavy atom. The van der Waals surface area contributed by atoms with Crippen LogP contribution in [0, 0.1) is 10.2 Å². The van der Waals surface area contributed by atoms with Crippen molar-refractivity contribution in [1.29, 1.82) is 0 Å². The maximum atomic E-state index is 8.49. The summed E-state index contributed by atoms with van der Waals surface area (Å²) in [5.74, 6) is 0. The van der Waals surface area contributed by atoms with Crippen molar-refractivity contribution in [3.63, 3.8) is 0 Å². The monoisotopic (exact) mass is 396 g/mol. The van der Waals surface area contributed by atoms with Crippen LogP contribution in [0.15, 0.2) is 78.9 Å². The Morgan fingerprint density at radius 3 is 1.22 bits per heavy atom. The fraction of sp³-hybridized carbons (Fsp3) is 0. The van der Waals surface area contributed by atoms with Crippen molar-refractivity contribution in [1.82, 2.24) is 0 Å². The van der Waals surface area contributed by atoms with Crippen molar-refractivity contribution >= 4 is 14.5 Å². The van der Waals surface area contributed by atoms with E-state index >= 15 is 0 Å². The summed E-state index contributed by atoms with van der Waals surface area (Å²) >= 11 is 0.386. The first-order valence-electron chi connectivity index (χ1n) is 6.59. The van der Waals surface area contributed by atoms with Gasteiger partial charge in [0.05, 0.1) is 0 Å². The molecule has 0 bridgehead atoms. The van der Waals surface area contributed by atoms with Gasteiger partial charge in [-0.3, -0.25) is 0 Å². The van der Waals surface area contributed by atoms with Gasteiger partial charge in [-0.15, -0.1) is 10.2 Å². The van der Waals surface area contributed by atoms with E-state index in [1.807, 2.05) is 0 Å². The average Bonchev–Trinajstić information content (AvgIpc) is 2.55. The van der Waals surface area contributed by atoms with E-state index in [0.29, 0.717) is 14.5 Å². The van der Waals surface area contributed by atoms with Gasteiger partial charge in [-0.05, 0) is 0 Å². The molecule has 0 amide bonds. The third-order valence-electron chi connectivity index (χ3n) is 2.83. The molecule has 0 atom stereocenters. The molecule has 6 heteroatoms. The molecule has 0 saturated carbocycles. The van der Waals surface area contributed by atoms with Crippen molar-refractivity contribution in [3.8, 4) is 20.0 Å². The molecule has 3 rings (SSSR count). The van der Waals surface area contributed by atoms with E-state index in [1.54, 1.807) is 0 Å². The van der Waals surface area contributed by atoms with E-state index in [9.17, 15) is 0 Å². The van der Waals surface area contributed by atoms with Gasteiger partial charge in [0.1, 0.15) is 0 Å². The molecule has 0 fully saturated rings. The molecule has 0 aliphatic rings. The van der Waals surface area contributed by atoms with Gasteiger partial charge in [0, 0.05) is 0 Å². The second-order valence-corrected chi connectivity index (χ2v) is 7.50. The second kappa shape index (κ2) is 8.34. The Kier molecular flexibility index (Phi) is 6.45. The molecule has 0 aliphatic heterocycles. The molecule has 23 heavy (non-hydrogen) atoms. The van der Waals surface area contributed by atoms with Gasteiger partial charge >= 0.3 is 113 Å². The zero-order valence-electron chi connectivity index (χ0n) is 11.9. The van der Waals surface area contributed by atoms with Gasteiger partial charge in [0.15, 0.2) is 0 Å². The fourth-order valence-corrected chi connectivity index (χ4v) is 4.10. The molecule has 0 aliphatic carbocycles. The van der Waals surface area contributed by atoms with Crippen LogP contribution >= 0.6 is 0 Å².